The summed E-state index contributed by atoms with van der Waals surface area (Å²) < 4.78 is 31.8. The lowest BCUT2D eigenvalue weighted by Gasteiger charge is -2.26. The molecule has 0 saturated carbocycles. The smallest absolute Gasteiger partial charge is 0.295 e. The molecular weight excluding hydrogens is 360 g/mol. The molecule has 1 N–H and O–H groups in total. The third-order valence-corrected chi connectivity index (χ3v) is 6.18. The minimum atomic E-state index is -3.80. The van der Waals surface area contributed by atoms with Crippen LogP contribution in [0.25, 0.3) is 0 Å². The summed E-state index contributed by atoms with van der Waals surface area (Å²) >= 11 is 0. The lowest BCUT2D eigenvalue weighted by molar-refractivity contribution is -0.384. The topological polar surface area (TPSA) is 114 Å². The first-order valence-electron chi connectivity index (χ1n) is 8.24. The number of hydrogen-bond acceptors (Lipinski definition) is 7. The van der Waals surface area contributed by atoms with Gasteiger partial charge < -0.3 is 4.74 Å². The van der Waals surface area contributed by atoms with Gasteiger partial charge in [0.15, 0.2) is 0 Å². The summed E-state index contributed by atoms with van der Waals surface area (Å²) in [5.41, 5.74) is 4.52. The molecule has 2 aliphatic rings. The van der Waals surface area contributed by atoms with E-state index in [1.54, 1.807) is 0 Å². The molecule has 0 bridgehead atoms. The van der Waals surface area contributed by atoms with Gasteiger partial charge in [0.2, 0.25) is 10.0 Å². The number of nitro benzene ring substituents is 1. The lowest BCUT2D eigenvalue weighted by Crippen LogP contribution is -2.40. The summed E-state index contributed by atoms with van der Waals surface area (Å²) in [7, 11) is -3.80. The molecular formula is C16H20N4O5S. The second-order valence-electron chi connectivity index (χ2n) is 6.16. The van der Waals surface area contributed by atoms with Crippen LogP contribution in [0.5, 0.6) is 0 Å². The predicted octanol–water partition coefficient (Wildman–Crippen LogP) is 2.12. The average molecular weight is 380 g/mol. The number of sulfonamides is 1. The van der Waals surface area contributed by atoms with Crippen LogP contribution in [0, 0.1) is 10.1 Å². The molecule has 1 aromatic rings. The highest BCUT2D eigenvalue weighted by Crippen LogP contribution is 2.29. The number of hydrazone groups is 1. The van der Waals surface area contributed by atoms with Gasteiger partial charge in [0.1, 0.15) is 5.69 Å². The number of hydrogen-bond donors (Lipinski definition) is 1. The van der Waals surface area contributed by atoms with Crippen molar-refractivity contribution in [2.45, 2.75) is 24.7 Å². The first-order valence-corrected chi connectivity index (χ1v) is 9.68. The van der Waals surface area contributed by atoms with Gasteiger partial charge in [-0.05, 0) is 38.0 Å². The molecule has 1 saturated heterocycles. The van der Waals surface area contributed by atoms with E-state index in [1.807, 2.05) is 13.0 Å². The lowest BCUT2D eigenvalue weighted by atomic mass is 10.3. The number of ether oxygens (including phenoxy) is 1. The molecule has 1 fully saturated rings. The van der Waals surface area contributed by atoms with Crippen molar-refractivity contribution in [3.8, 4) is 0 Å². The van der Waals surface area contributed by atoms with E-state index in [0.717, 1.165) is 24.6 Å². The maximum Gasteiger partial charge on any atom is 0.295 e. The molecule has 26 heavy (non-hydrogen) atoms. The fourth-order valence-corrected chi connectivity index (χ4v) is 4.26. The van der Waals surface area contributed by atoms with Gasteiger partial charge in [-0.1, -0.05) is 5.57 Å². The van der Waals surface area contributed by atoms with Crippen molar-refractivity contribution in [1.82, 2.24) is 4.31 Å². The van der Waals surface area contributed by atoms with Crippen LogP contribution in [0.15, 0.2) is 39.8 Å². The monoisotopic (exact) mass is 380 g/mol. The standard InChI is InChI=1S/C16H20N4O5S/c1-12-2-3-13(10-12)17-18-15-5-4-14(11-16(15)20(21)22)26(23,24)19-6-8-25-9-7-19/h4-5,10-11,18H,2-3,6-9H2,1H3. The minimum Gasteiger partial charge on any atom is -0.379 e. The highest BCUT2D eigenvalue weighted by Gasteiger charge is 2.28. The summed E-state index contributed by atoms with van der Waals surface area (Å²) in [6, 6.07) is 3.81. The molecule has 9 nitrogen and oxygen atoms in total. The number of morpholine rings is 1. The molecule has 10 heteroatoms. The molecule has 0 radical (unpaired) electrons. The van der Waals surface area contributed by atoms with Gasteiger partial charge in [-0.25, -0.2) is 8.42 Å². The normalized spacial score (nSPS) is 20.2. The van der Waals surface area contributed by atoms with Crippen molar-refractivity contribution in [2.24, 2.45) is 5.10 Å². The van der Waals surface area contributed by atoms with E-state index in [-0.39, 0.29) is 29.4 Å². The molecule has 0 atom stereocenters. The number of rotatable bonds is 5. The van der Waals surface area contributed by atoms with Crippen molar-refractivity contribution in [1.29, 1.82) is 0 Å². The molecule has 3 rings (SSSR count). The van der Waals surface area contributed by atoms with Crippen LogP contribution in [-0.4, -0.2) is 49.7 Å². The Bertz CT molecular complexity index is 873. The second kappa shape index (κ2) is 7.52. The quantitative estimate of drug-likeness (QED) is 0.618. The summed E-state index contributed by atoms with van der Waals surface area (Å²) in [6.45, 7) is 3.08. The van der Waals surface area contributed by atoms with Crippen LogP contribution in [0.4, 0.5) is 11.4 Å². The van der Waals surface area contributed by atoms with Crippen molar-refractivity contribution in [3.05, 3.63) is 40.0 Å². The summed E-state index contributed by atoms with van der Waals surface area (Å²) in [4.78, 5) is 10.7. The number of nitrogens with one attached hydrogen (secondary N) is 1. The fourth-order valence-electron chi connectivity index (χ4n) is 2.83. The van der Waals surface area contributed by atoms with Crippen LogP contribution in [0.3, 0.4) is 0 Å². The molecule has 0 aromatic heterocycles. The molecule has 1 aromatic carbocycles. The molecule has 0 unspecified atom stereocenters. The maximum absolute atomic E-state index is 12.7. The second-order valence-corrected chi connectivity index (χ2v) is 8.10. The zero-order chi connectivity index (χ0) is 18.7. The molecule has 1 aliphatic heterocycles. The molecule has 0 amide bonds. The summed E-state index contributed by atoms with van der Waals surface area (Å²) in [5.74, 6) is 0. The van der Waals surface area contributed by atoms with Gasteiger partial charge in [0.05, 0.1) is 28.7 Å². The van der Waals surface area contributed by atoms with Gasteiger partial charge in [-0.2, -0.15) is 9.41 Å². The SMILES string of the molecule is CC1=CC(=NNc2ccc(S(=O)(=O)N3CCOCC3)cc2[N+](=O)[O-])CC1. The number of nitrogens with zero attached hydrogens (tertiary/aromatic N) is 3. The number of benzene rings is 1. The zero-order valence-electron chi connectivity index (χ0n) is 14.3. The van der Waals surface area contributed by atoms with Gasteiger partial charge in [-0.3, -0.25) is 15.5 Å². The van der Waals surface area contributed by atoms with Gasteiger partial charge in [-0.15, -0.1) is 0 Å². The molecule has 0 spiro atoms. The zero-order valence-corrected chi connectivity index (χ0v) is 15.2. The van der Waals surface area contributed by atoms with Crippen LogP contribution < -0.4 is 5.43 Å². The first kappa shape index (κ1) is 18.5. The van der Waals surface area contributed by atoms with Crippen LogP contribution in [0.1, 0.15) is 19.8 Å². The Morgan fingerprint density at radius 2 is 2.00 bits per heavy atom. The highest BCUT2D eigenvalue weighted by atomic mass is 32.2. The average Bonchev–Trinajstić information content (AvgIpc) is 3.05. The first-order chi connectivity index (χ1) is 12.4. The Labute approximate surface area is 151 Å². The van der Waals surface area contributed by atoms with E-state index < -0.39 is 14.9 Å². The predicted molar refractivity (Wildman–Crippen MR) is 96.7 cm³/mol. The van der Waals surface area contributed by atoms with Crippen LogP contribution in [0.2, 0.25) is 0 Å². The van der Waals surface area contributed by atoms with Gasteiger partial charge in [0, 0.05) is 19.2 Å². The highest BCUT2D eigenvalue weighted by molar-refractivity contribution is 7.89. The third-order valence-electron chi connectivity index (χ3n) is 4.28. The van der Waals surface area contributed by atoms with Crippen LogP contribution >= 0.6 is 0 Å². The van der Waals surface area contributed by atoms with Crippen molar-refractivity contribution in [2.75, 3.05) is 31.7 Å². The Morgan fingerprint density at radius 3 is 2.62 bits per heavy atom. The van der Waals surface area contributed by atoms with E-state index >= 15 is 0 Å². The Morgan fingerprint density at radius 1 is 1.27 bits per heavy atom. The number of allylic oxidation sites excluding steroid dienone is 2. The van der Waals surface area contributed by atoms with Crippen molar-refractivity contribution in [3.63, 3.8) is 0 Å². The summed E-state index contributed by atoms with van der Waals surface area (Å²) in [6.07, 6.45) is 3.62. The van der Waals surface area contributed by atoms with E-state index in [0.29, 0.717) is 13.2 Å². The Hall–Kier alpha value is -2.30. The van der Waals surface area contributed by atoms with E-state index in [1.165, 1.54) is 22.0 Å². The molecule has 1 aliphatic carbocycles. The number of anilines is 1. The molecule has 140 valence electrons. The largest absolute Gasteiger partial charge is 0.379 e. The van der Waals surface area contributed by atoms with Gasteiger partial charge in [0.25, 0.3) is 5.69 Å². The maximum atomic E-state index is 12.7. The molecule has 1 heterocycles. The number of nitro groups is 1. The third kappa shape index (κ3) is 3.92. The van der Waals surface area contributed by atoms with Crippen LogP contribution in [-0.2, 0) is 14.8 Å². The van der Waals surface area contributed by atoms with Gasteiger partial charge >= 0.3 is 0 Å². The Balaban J connectivity index is 1.88. The van der Waals surface area contributed by atoms with E-state index in [9.17, 15) is 18.5 Å². The fraction of sp³-hybridized carbons (Fsp3) is 0.438. The summed E-state index contributed by atoms with van der Waals surface area (Å²) in [5, 5.41) is 15.6. The minimum absolute atomic E-state index is 0.110. The van der Waals surface area contributed by atoms with E-state index in [2.05, 4.69) is 10.5 Å². The van der Waals surface area contributed by atoms with Crippen molar-refractivity contribution < 1.29 is 18.1 Å². The Kier molecular flexibility index (Phi) is 5.35. The van der Waals surface area contributed by atoms with Crippen molar-refractivity contribution >= 4 is 27.1 Å². The van der Waals surface area contributed by atoms with E-state index in [4.69, 9.17) is 4.74 Å².